The van der Waals surface area contributed by atoms with Gasteiger partial charge in [0.15, 0.2) is 0 Å². The van der Waals surface area contributed by atoms with E-state index in [1.54, 1.807) is 11.8 Å². The minimum absolute atomic E-state index is 0.0517. The zero-order chi connectivity index (χ0) is 11.8. The fourth-order valence-electron chi connectivity index (χ4n) is 0.838. The molecule has 0 saturated heterocycles. The number of carbonyl (C=O) groups excluding carboxylic acids is 2. The third-order valence-corrected chi connectivity index (χ3v) is 2.57. The normalized spacial score (nSPS) is 14.1. The molecule has 0 rings (SSSR count). The van der Waals surface area contributed by atoms with Crippen molar-refractivity contribution in [3.8, 4) is 0 Å². The lowest BCUT2D eigenvalue weighted by Gasteiger charge is -2.13. The number of thioether (sulfide) groups is 1. The molecule has 3 amide bonds. The number of nitrogens with one attached hydrogen (secondary N) is 2. The van der Waals surface area contributed by atoms with Crippen LogP contribution >= 0.6 is 23.4 Å². The van der Waals surface area contributed by atoms with Crippen LogP contribution in [0, 0.1) is 0 Å². The van der Waals surface area contributed by atoms with Crippen molar-refractivity contribution in [2.24, 2.45) is 0 Å². The number of imide groups is 1. The van der Waals surface area contributed by atoms with Crippen LogP contribution in [0.4, 0.5) is 4.79 Å². The number of urea groups is 1. The van der Waals surface area contributed by atoms with Crippen molar-refractivity contribution in [1.29, 1.82) is 0 Å². The van der Waals surface area contributed by atoms with Crippen LogP contribution in [0.3, 0.4) is 0 Å². The Labute approximate surface area is 99.5 Å². The zero-order valence-corrected chi connectivity index (χ0v) is 10.7. The molecule has 0 radical (unpaired) electrons. The van der Waals surface area contributed by atoms with Crippen molar-refractivity contribution in [3.05, 3.63) is 0 Å². The number of amides is 3. The number of hydrogen-bond acceptors (Lipinski definition) is 3. The maximum Gasteiger partial charge on any atom is 0.321 e. The molecule has 0 aromatic carbocycles. The van der Waals surface area contributed by atoms with Gasteiger partial charge in [-0.2, -0.15) is 11.8 Å². The molecule has 0 aliphatic heterocycles. The average Bonchev–Trinajstić information content (AvgIpc) is 2.14. The molecule has 0 bridgehead atoms. The van der Waals surface area contributed by atoms with Crippen LogP contribution in [0.5, 0.6) is 0 Å². The van der Waals surface area contributed by atoms with Crippen molar-refractivity contribution in [2.75, 3.05) is 12.0 Å². The lowest BCUT2D eigenvalue weighted by atomic mass is 10.3. The number of alkyl halides is 1. The first-order valence-electron chi connectivity index (χ1n) is 4.71. The third kappa shape index (κ3) is 7.50. The number of hydrogen-bond donors (Lipinski definition) is 2. The van der Waals surface area contributed by atoms with Crippen LogP contribution in [0.1, 0.15) is 20.3 Å². The summed E-state index contributed by atoms with van der Waals surface area (Å²) in [7, 11) is 0. The van der Waals surface area contributed by atoms with E-state index in [-0.39, 0.29) is 6.04 Å². The number of rotatable bonds is 5. The summed E-state index contributed by atoms with van der Waals surface area (Å²) in [6.45, 7) is 3.41. The Kier molecular flexibility index (Phi) is 7.60. The molecule has 2 unspecified atom stereocenters. The fourth-order valence-corrected chi connectivity index (χ4v) is 1.48. The fraction of sp³-hybridized carbons (Fsp3) is 0.778. The highest BCUT2D eigenvalue weighted by molar-refractivity contribution is 7.98. The standard InChI is InChI=1S/C9H17ClN2O2S/c1-6(4-5-15-3)11-9(14)12-8(13)7(2)10/h6-7H,4-5H2,1-3H3,(H2,11,12,13,14). The molecule has 0 saturated carbocycles. The van der Waals surface area contributed by atoms with Crippen LogP contribution in [0.25, 0.3) is 0 Å². The molecule has 0 spiro atoms. The lowest BCUT2D eigenvalue weighted by molar-refractivity contribution is -0.119. The predicted octanol–water partition coefficient (Wildman–Crippen LogP) is 1.58. The molecule has 6 heteroatoms. The Hall–Kier alpha value is -0.420. The molecule has 15 heavy (non-hydrogen) atoms. The Morgan fingerprint density at radius 3 is 2.47 bits per heavy atom. The summed E-state index contributed by atoms with van der Waals surface area (Å²) in [5.74, 6) is 0.493. The van der Waals surface area contributed by atoms with Gasteiger partial charge in [-0.05, 0) is 32.3 Å². The molecule has 2 atom stereocenters. The quantitative estimate of drug-likeness (QED) is 0.731. The highest BCUT2D eigenvalue weighted by atomic mass is 35.5. The molecule has 0 aliphatic carbocycles. The van der Waals surface area contributed by atoms with E-state index in [9.17, 15) is 9.59 Å². The maximum atomic E-state index is 11.2. The van der Waals surface area contributed by atoms with Crippen LogP contribution in [-0.2, 0) is 4.79 Å². The molecule has 0 aromatic rings. The van der Waals surface area contributed by atoms with E-state index in [1.165, 1.54) is 6.92 Å². The van der Waals surface area contributed by atoms with Crippen molar-refractivity contribution >= 4 is 35.3 Å². The smallest absolute Gasteiger partial charge is 0.321 e. The largest absolute Gasteiger partial charge is 0.335 e. The number of halogens is 1. The summed E-state index contributed by atoms with van der Waals surface area (Å²) in [4.78, 5) is 22.3. The van der Waals surface area contributed by atoms with Crippen LogP contribution in [0.2, 0.25) is 0 Å². The van der Waals surface area contributed by atoms with Crippen LogP contribution in [0.15, 0.2) is 0 Å². The first-order chi connectivity index (χ1) is 6.97. The molecule has 0 fully saturated rings. The molecule has 2 N–H and O–H groups in total. The molecule has 4 nitrogen and oxygen atoms in total. The minimum Gasteiger partial charge on any atom is -0.335 e. The van der Waals surface area contributed by atoms with Gasteiger partial charge in [-0.15, -0.1) is 11.6 Å². The molecule has 88 valence electrons. The first kappa shape index (κ1) is 14.6. The van der Waals surface area contributed by atoms with Gasteiger partial charge in [-0.25, -0.2) is 4.79 Å². The zero-order valence-electron chi connectivity index (χ0n) is 9.17. The van der Waals surface area contributed by atoms with E-state index in [2.05, 4.69) is 10.6 Å². The van der Waals surface area contributed by atoms with Crippen molar-refractivity contribution in [1.82, 2.24) is 10.6 Å². The van der Waals surface area contributed by atoms with Crippen LogP contribution < -0.4 is 10.6 Å². The van der Waals surface area contributed by atoms with Crippen molar-refractivity contribution in [3.63, 3.8) is 0 Å². The lowest BCUT2D eigenvalue weighted by Crippen LogP contribution is -2.45. The Balaban J connectivity index is 3.78. The van der Waals surface area contributed by atoms with Gasteiger partial charge in [0.25, 0.3) is 0 Å². The highest BCUT2D eigenvalue weighted by Crippen LogP contribution is 1.99. The van der Waals surface area contributed by atoms with Gasteiger partial charge >= 0.3 is 6.03 Å². The third-order valence-electron chi connectivity index (χ3n) is 1.73. The van der Waals surface area contributed by atoms with Gasteiger partial charge in [0, 0.05) is 6.04 Å². The molecular weight excluding hydrogens is 236 g/mol. The average molecular weight is 253 g/mol. The topological polar surface area (TPSA) is 58.2 Å². The van der Waals surface area contributed by atoms with Gasteiger partial charge in [-0.3, -0.25) is 10.1 Å². The van der Waals surface area contributed by atoms with Gasteiger partial charge in [0.05, 0.1) is 0 Å². The SMILES string of the molecule is CSCCC(C)NC(=O)NC(=O)C(C)Cl. The second-order valence-corrected chi connectivity index (χ2v) is 4.90. The highest BCUT2D eigenvalue weighted by Gasteiger charge is 2.14. The van der Waals surface area contributed by atoms with E-state index >= 15 is 0 Å². The van der Waals surface area contributed by atoms with Gasteiger partial charge < -0.3 is 5.32 Å². The second-order valence-electron chi connectivity index (χ2n) is 3.26. The monoisotopic (exact) mass is 252 g/mol. The summed E-state index contributed by atoms with van der Waals surface area (Å²) < 4.78 is 0. The summed E-state index contributed by atoms with van der Waals surface area (Å²) in [5, 5.41) is 4.12. The molecular formula is C9H17ClN2O2S. The summed E-state index contributed by atoms with van der Waals surface area (Å²) in [6.07, 6.45) is 2.88. The molecule has 0 aromatic heterocycles. The molecule has 0 aliphatic rings. The molecule has 0 heterocycles. The van der Waals surface area contributed by atoms with E-state index in [1.807, 2.05) is 13.2 Å². The maximum absolute atomic E-state index is 11.2. The second kappa shape index (κ2) is 7.82. The first-order valence-corrected chi connectivity index (χ1v) is 6.54. The van der Waals surface area contributed by atoms with E-state index in [0.717, 1.165) is 12.2 Å². The Morgan fingerprint density at radius 2 is 2.00 bits per heavy atom. The Morgan fingerprint density at radius 1 is 1.40 bits per heavy atom. The van der Waals surface area contributed by atoms with E-state index < -0.39 is 17.3 Å². The minimum atomic E-state index is -0.697. The van der Waals surface area contributed by atoms with Crippen LogP contribution in [-0.4, -0.2) is 35.4 Å². The van der Waals surface area contributed by atoms with Gasteiger partial charge in [-0.1, -0.05) is 0 Å². The Bertz CT molecular complexity index is 224. The van der Waals surface area contributed by atoms with Crippen molar-refractivity contribution in [2.45, 2.75) is 31.7 Å². The number of carbonyl (C=O) groups is 2. The van der Waals surface area contributed by atoms with E-state index in [4.69, 9.17) is 11.6 Å². The summed E-state index contributed by atoms with van der Waals surface area (Å²) in [5.41, 5.74) is 0. The summed E-state index contributed by atoms with van der Waals surface area (Å²) in [6, 6.07) is -0.433. The summed E-state index contributed by atoms with van der Waals surface area (Å²) >= 11 is 7.21. The predicted molar refractivity (Wildman–Crippen MR) is 64.5 cm³/mol. The van der Waals surface area contributed by atoms with Crippen molar-refractivity contribution < 1.29 is 9.59 Å². The van der Waals surface area contributed by atoms with E-state index in [0.29, 0.717) is 0 Å². The van der Waals surface area contributed by atoms with Gasteiger partial charge in [0.2, 0.25) is 5.91 Å². The van der Waals surface area contributed by atoms with Gasteiger partial charge in [0.1, 0.15) is 5.38 Å².